The van der Waals surface area contributed by atoms with Crippen LogP contribution in [0, 0.1) is 0 Å². The summed E-state index contributed by atoms with van der Waals surface area (Å²) in [4.78, 5) is 42.1. The predicted molar refractivity (Wildman–Crippen MR) is 154 cm³/mol. The van der Waals surface area contributed by atoms with Gasteiger partial charge in [0.1, 0.15) is 17.2 Å². The van der Waals surface area contributed by atoms with Gasteiger partial charge in [0.25, 0.3) is 5.91 Å². The Kier molecular flexibility index (Phi) is 7.54. The lowest BCUT2D eigenvalue weighted by atomic mass is 9.87. The van der Waals surface area contributed by atoms with Crippen molar-refractivity contribution >= 4 is 11.8 Å². The molecule has 8 nitrogen and oxygen atoms in total. The summed E-state index contributed by atoms with van der Waals surface area (Å²) in [6, 6.07) is 24.2. The summed E-state index contributed by atoms with van der Waals surface area (Å²) in [7, 11) is 0. The maximum Gasteiger partial charge on any atom is 0.256 e. The second-order valence-electron chi connectivity index (χ2n) is 10.3. The monoisotopic (exact) mass is 549 g/mol. The van der Waals surface area contributed by atoms with E-state index >= 15 is 0 Å². The van der Waals surface area contributed by atoms with Crippen LogP contribution in [0.2, 0.25) is 0 Å². The lowest BCUT2D eigenvalue weighted by Gasteiger charge is -2.38. The van der Waals surface area contributed by atoms with Gasteiger partial charge in [-0.2, -0.15) is 0 Å². The van der Waals surface area contributed by atoms with Crippen molar-refractivity contribution in [2.45, 2.75) is 31.7 Å². The van der Waals surface area contributed by atoms with Gasteiger partial charge in [-0.15, -0.1) is 0 Å². The van der Waals surface area contributed by atoms with Crippen LogP contribution in [0.5, 0.6) is 17.2 Å². The van der Waals surface area contributed by atoms with Crippen LogP contribution in [-0.2, 0) is 17.6 Å². The van der Waals surface area contributed by atoms with Crippen LogP contribution < -0.4 is 20.3 Å². The van der Waals surface area contributed by atoms with Gasteiger partial charge in [0.15, 0.2) is 0 Å². The molecule has 0 spiro atoms. The Morgan fingerprint density at radius 1 is 0.854 bits per heavy atom. The van der Waals surface area contributed by atoms with Gasteiger partial charge >= 0.3 is 0 Å². The Balaban J connectivity index is 1.38. The Hall–Kier alpha value is -4.85. The summed E-state index contributed by atoms with van der Waals surface area (Å²) in [6.45, 7) is 1.48. The fourth-order valence-electron chi connectivity index (χ4n) is 5.43. The third-order valence-electron chi connectivity index (χ3n) is 7.52. The summed E-state index contributed by atoms with van der Waals surface area (Å²) in [6.07, 6.45) is 3.88. The topological polar surface area (TPSA) is 101 Å². The van der Waals surface area contributed by atoms with E-state index in [1.807, 2.05) is 71.6 Å². The van der Waals surface area contributed by atoms with E-state index in [4.69, 9.17) is 9.47 Å². The van der Waals surface area contributed by atoms with Gasteiger partial charge in [0.05, 0.1) is 18.2 Å². The number of carbonyl (C=O) groups is 2. The van der Waals surface area contributed by atoms with Crippen LogP contribution in [0.1, 0.15) is 51.5 Å². The SMILES string of the molecule is O=C1CCc2ccc(cc2)Oc2ccc3c(c2)CCN(C(=O)c2ccc(=O)[nH]c2)C3c2cccc(c2)OCCCN1. The van der Waals surface area contributed by atoms with E-state index in [1.54, 1.807) is 6.07 Å². The average molecular weight is 550 g/mol. The van der Waals surface area contributed by atoms with Gasteiger partial charge in [-0.25, -0.2) is 0 Å². The molecule has 3 aromatic carbocycles. The van der Waals surface area contributed by atoms with E-state index in [1.165, 1.54) is 12.3 Å². The Labute approximate surface area is 237 Å². The van der Waals surface area contributed by atoms with Gasteiger partial charge in [-0.3, -0.25) is 14.4 Å². The lowest BCUT2D eigenvalue weighted by Crippen LogP contribution is -2.40. The third-order valence-corrected chi connectivity index (χ3v) is 7.52. The molecule has 5 heterocycles. The van der Waals surface area contributed by atoms with Crippen molar-refractivity contribution in [3.8, 4) is 17.2 Å². The number of amides is 2. The number of nitrogens with zero attached hydrogens (tertiary/aromatic N) is 1. The first-order chi connectivity index (χ1) is 20.0. The van der Waals surface area contributed by atoms with Crippen molar-refractivity contribution in [2.24, 2.45) is 0 Å². The van der Waals surface area contributed by atoms with E-state index in [2.05, 4.69) is 10.3 Å². The summed E-state index contributed by atoms with van der Waals surface area (Å²) < 4.78 is 12.2. The molecular formula is C33H31N3O5. The van der Waals surface area contributed by atoms with Gasteiger partial charge in [-0.1, -0.05) is 30.3 Å². The minimum Gasteiger partial charge on any atom is -0.494 e. The zero-order valence-corrected chi connectivity index (χ0v) is 22.6. The maximum absolute atomic E-state index is 13.7. The summed E-state index contributed by atoms with van der Waals surface area (Å²) >= 11 is 0. The third kappa shape index (κ3) is 6.01. The van der Waals surface area contributed by atoms with E-state index in [-0.39, 0.29) is 23.4 Å². The molecule has 0 saturated heterocycles. The number of rotatable bonds is 1. The molecule has 8 heteroatoms. The molecule has 0 fully saturated rings. The fraction of sp³-hybridized carbons (Fsp3) is 0.242. The van der Waals surface area contributed by atoms with Crippen molar-refractivity contribution in [2.75, 3.05) is 19.7 Å². The molecule has 1 atom stereocenters. The molecule has 208 valence electrons. The molecule has 8 rings (SSSR count). The van der Waals surface area contributed by atoms with Crippen LogP contribution in [0.25, 0.3) is 0 Å². The second-order valence-corrected chi connectivity index (χ2v) is 10.3. The predicted octanol–water partition coefficient (Wildman–Crippen LogP) is 4.79. The summed E-state index contributed by atoms with van der Waals surface area (Å²) in [5.41, 5.74) is 4.29. The number of aryl methyl sites for hydroxylation is 1. The molecule has 4 aliphatic rings. The van der Waals surface area contributed by atoms with Gasteiger partial charge in [0, 0.05) is 31.8 Å². The molecule has 41 heavy (non-hydrogen) atoms. The zero-order valence-electron chi connectivity index (χ0n) is 22.6. The minimum absolute atomic E-state index is 0.0130. The standard InChI is InChI=1S/C33H31N3O5/c37-30-13-7-22-5-9-26(10-6-22)41-28-11-12-29-23(19-28)15-17-36(33(39)25-8-14-31(38)35-21-25)32(29)24-3-1-4-27(20-24)40-18-2-16-34-30/h1,3-6,8-12,14,19-21,32H,2,7,13,15-18H2,(H,34,37)(H,35,38). The number of H-pyrrole nitrogens is 1. The molecule has 2 N–H and O–H groups in total. The molecule has 4 aromatic rings. The highest BCUT2D eigenvalue weighted by Gasteiger charge is 2.33. The Morgan fingerprint density at radius 3 is 2.54 bits per heavy atom. The molecule has 8 bridgehead atoms. The van der Waals surface area contributed by atoms with E-state index in [9.17, 15) is 14.4 Å². The molecule has 1 unspecified atom stereocenters. The largest absolute Gasteiger partial charge is 0.494 e. The molecule has 0 saturated carbocycles. The summed E-state index contributed by atoms with van der Waals surface area (Å²) in [5.74, 6) is 1.99. The van der Waals surface area contributed by atoms with Crippen molar-refractivity contribution in [1.82, 2.24) is 15.2 Å². The number of benzene rings is 3. The molecule has 0 aliphatic carbocycles. The number of carbonyl (C=O) groups excluding carboxylic acids is 2. The highest BCUT2D eigenvalue weighted by Crippen LogP contribution is 2.39. The molecule has 2 amide bonds. The van der Waals surface area contributed by atoms with Crippen LogP contribution in [0.4, 0.5) is 0 Å². The van der Waals surface area contributed by atoms with Gasteiger partial charge in [-0.05, 0) is 84.0 Å². The fourth-order valence-corrected chi connectivity index (χ4v) is 5.43. The number of ether oxygens (including phenoxy) is 2. The number of hydrogen-bond donors (Lipinski definition) is 2. The first-order valence-electron chi connectivity index (χ1n) is 13.9. The zero-order chi connectivity index (χ0) is 28.2. The van der Waals surface area contributed by atoms with Crippen molar-refractivity contribution in [3.63, 3.8) is 0 Å². The number of pyridine rings is 1. The molecular weight excluding hydrogens is 518 g/mol. The Bertz CT molecular complexity index is 1610. The highest BCUT2D eigenvalue weighted by atomic mass is 16.5. The van der Waals surface area contributed by atoms with E-state index < -0.39 is 0 Å². The van der Waals surface area contributed by atoms with Gasteiger partial charge < -0.3 is 24.7 Å². The number of hydrogen-bond acceptors (Lipinski definition) is 5. The van der Waals surface area contributed by atoms with Gasteiger partial charge in [0.2, 0.25) is 11.5 Å². The van der Waals surface area contributed by atoms with Crippen LogP contribution in [0.3, 0.4) is 0 Å². The highest BCUT2D eigenvalue weighted by molar-refractivity contribution is 5.94. The molecule has 4 aliphatic heterocycles. The normalized spacial score (nSPS) is 17.1. The number of fused-ring (bicyclic) bond motifs is 1. The van der Waals surface area contributed by atoms with Crippen molar-refractivity contribution < 1.29 is 19.1 Å². The van der Waals surface area contributed by atoms with Crippen LogP contribution in [-0.4, -0.2) is 41.4 Å². The average Bonchev–Trinajstić information content (AvgIpc) is 3.00. The van der Waals surface area contributed by atoms with Crippen molar-refractivity contribution in [1.29, 1.82) is 0 Å². The second kappa shape index (κ2) is 11.7. The first kappa shape index (κ1) is 26.4. The smallest absolute Gasteiger partial charge is 0.256 e. The lowest BCUT2D eigenvalue weighted by molar-refractivity contribution is -0.121. The number of nitrogens with one attached hydrogen (secondary N) is 2. The number of aromatic amines is 1. The van der Waals surface area contributed by atoms with Crippen LogP contribution in [0.15, 0.2) is 89.9 Å². The van der Waals surface area contributed by atoms with E-state index in [0.717, 1.165) is 33.8 Å². The maximum atomic E-state index is 13.7. The molecule has 0 radical (unpaired) electrons. The minimum atomic E-state index is -0.358. The molecule has 1 aromatic heterocycles. The van der Waals surface area contributed by atoms with Crippen LogP contribution >= 0.6 is 0 Å². The van der Waals surface area contributed by atoms with Crippen molar-refractivity contribution in [3.05, 3.63) is 123 Å². The Morgan fingerprint density at radius 2 is 1.71 bits per heavy atom. The number of aromatic nitrogens is 1. The first-order valence-corrected chi connectivity index (χ1v) is 13.9. The van der Waals surface area contributed by atoms with E-state index in [0.29, 0.717) is 56.7 Å². The quantitative estimate of drug-likeness (QED) is 0.356. The summed E-state index contributed by atoms with van der Waals surface area (Å²) in [5, 5.41) is 2.96.